The van der Waals surface area contributed by atoms with Crippen LogP contribution in [0.2, 0.25) is 0 Å². The second-order valence-corrected chi connectivity index (χ2v) is 5.43. The first-order valence-corrected chi connectivity index (χ1v) is 6.81. The van der Waals surface area contributed by atoms with Gasteiger partial charge in [-0.25, -0.2) is 8.78 Å². The van der Waals surface area contributed by atoms with E-state index in [1.165, 1.54) is 6.07 Å². The maximum absolute atomic E-state index is 13.5. The van der Waals surface area contributed by atoms with Crippen molar-refractivity contribution in [3.05, 3.63) is 35.4 Å². The van der Waals surface area contributed by atoms with Gasteiger partial charge in [0.25, 0.3) is 0 Å². The Bertz CT molecular complexity index is 495. The largest absolute Gasteiger partial charge is 0.391 e. The van der Waals surface area contributed by atoms with Crippen LogP contribution in [0, 0.1) is 23.5 Å². The van der Waals surface area contributed by atoms with E-state index in [1.54, 1.807) is 0 Å². The van der Waals surface area contributed by atoms with Gasteiger partial charge in [0.05, 0.1) is 5.92 Å². The van der Waals surface area contributed by atoms with E-state index in [2.05, 4.69) is 0 Å². The Kier molecular flexibility index (Phi) is 4.64. The minimum absolute atomic E-state index is 0.0976. The van der Waals surface area contributed by atoms with E-state index in [-0.39, 0.29) is 37.0 Å². The number of hydrogen-bond acceptors (Lipinski definition) is 1. The lowest BCUT2D eigenvalue weighted by Crippen LogP contribution is -2.31. The molecule has 2 rings (SSSR count). The highest BCUT2D eigenvalue weighted by Gasteiger charge is 2.42. The number of carbonyl (C=O) groups excluding carboxylic acids is 1. The van der Waals surface area contributed by atoms with Crippen molar-refractivity contribution in [2.24, 2.45) is 11.8 Å². The smallest absolute Gasteiger partial charge is 0.299 e. The minimum atomic E-state index is -4.23. The summed E-state index contributed by atoms with van der Waals surface area (Å²) >= 11 is 0. The van der Waals surface area contributed by atoms with Crippen LogP contribution >= 0.6 is 0 Å². The second kappa shape index (κ2) is 6.12. The van der Waals surface area contributed by atoms with E-state index in [1.807, 2.05) is 0 Å². The fourth-order valence-corrected chi connectivity index (χ4v) is 2.76. The van der Waals surface area contributed by atoms with Crippen LogP contribution in [0.1, 0.15) is 31.2 Å². The van der Waals surface area contributed by atoms with Gasteiger partial charge in [-0.3, -0.25) is 4.79 Å². The van der Waals surface area contributed by atoms with Crippen molar-refractivity contribution in [1.82, 2.24) is 0 Å². The maximum Gasteiger partial charge on any atom is 0.391 e. The Hall–Kier alpha value is -1.46. The topological polar surface area (TPSA) is 17.1 Å². The van der Waals surface area contributed by atoms with Crippen molar-refractivity contribution in [2.75, 3.05) is 0 Å². The number of alkyl halides is 3. The van der Waals surface area contributed by atoms with E-state index >= 15 is 0 Å². The highest BCUT2D eigenvalue weighted by Crippen LogP contribution is 2.40. The fraction of sp³-hybridized carbons (Fsp3) is 0.533. The van der Waals surface area contributed by atoms with Gasteiger partial charge in [-0.2, -0.15) is 13.2 Å². The Morgan fingerprint density at radius 3 is 2.05 bits per heavy atom. The average Bonchev–Trinajstić information content (AvgIpc) is 2.42. The monoisotopic (exact) mass is 306 g/mol. The molecule has 0 spiro atoms. The van der Waals surface area contributed by atoms with Crippen molar-refractivity contribution < 1.29 is 26.7 Å². The number of hydrogen-bond donors (Lipinski definition) is 0. The van der Waals surface area contributed by atoms with Crippen LogP contribution in [0.5, 0.6) is 0 Å². The Labute approximate surface area is 119 Å². The van der Waals surface area contributed by atoms with Crippen molar-refractivity contribution in [3.8, 4) is 0 Å². The summed E-state index contributed by atoms with van der Waals surface area (Å²) < 4.78 is 64.5. The molecule has 1 aliphatic carbocycles. The highest BCUT2D eigenvalue weighted by atomic mass is 19.4. The molecule has 0 aromatic heterocycles. The lowest BCUT2D eigenvalue weighted by molar-refractivity contribution is -0.184. The molecule has 21 heavy (non-hydrogen) atoms. The number of ketones is 1. The number of rotatable bonds is 3. The molecule has 1 aromatic rings. The summed E-state index contributed by atoms with van der Waals surface area (Å²) in [4.78, 5) is 12.0. The Morgan fingerprint density at radius 2 is 1.57 bits per heavy atom. The lowest BCUT2D eigenvalue weighted by atomic mass is 9.78. The quantitative estimate of drug-likeness (QED) is 0.754. The van der Waals surface area contributed by atoms with Crippen LogP contribution in [0.3, 0.4) is 0 Å². The number of halogens is 5. The fourth-order valence-electron chi connectivity index (χ4n) is 2.76. The zero-order chi connectivity index (χ0) is 15.6. The molecule has 0 bridgehead atoms. The van der Waals surface area contributed by atoms with Crippen LogP contribution in [0.4, 0.5) is 22.0 Å². The average molecular weight is 306 g/mol. The first-order chi connectivity index (χ1) is 9.79. The summed E-state index contributed by atoms with van der Waals surface area (Å²) in [5.41, 5.74) is -0.305. The number of Topliss-reactive ketones (excluding diaryl/α,β-unsaturated/α-hetero) is 1. The SMILES string of the molecule is O=C(Cc1c(F)cccc1F)C1CCC(C(F)(F)F)CC1. The van der Waals surface area contributed by atoms with E-state index < -0.39 is 36.1 Å². The third-order valence-corrected chi connectivity index (χ3v) is 4.06. The van der Waals surface area contributed by atoms with Gasteiger partial charge in [0.1, 0.15) is 17.4 Å². The molecule has 0 saturated heterocycles. The van der Waals surface area contributed by atoms with Crippen LogP contribution in [-0.2, 0) is 11.2 Å². The first kappa shape index (κ1) is 15.9. The summed E-state index contributed by atoms with van der Waals surface area (Å²) in [5, 5.41) is 0. The van der Waals surface area contributed by atoms with Crippen LogP contribution in [0.15, 0.2) is 18.2 Å². The van der Waals surface area contributed by atoms with Crippen LogP contribution in [0.25, 0.3) is 0 Å². The second-order valence-electron chi connectivity index (χ2n) is 5.43. The molecule has 0 aliphatic heterocycles. The summed E-state index contributed by atoms with van der Waals surface area (Å²) in [5.74, 6) is -3.89. The number of carbonyl (C=O) groups is 1. The molecule has 0 N–H and O–H groups in total. The standard InChI is InChI=1S/C15H15F5O/c16-12-2-1-3-13(17)11(12)8-14(21)9-4-6-10(7-5-9)15(18,19)20/h1-3,9-10H,4-8H2. The van der Waals surface area contributed by atoms with E-state index in [9.17, 15) is 26.7 Å². The van der Waals surface area contributed by atoms with Gasteiger partial charge in [-0.05, 0) is 37.8 Å². The van der Waals surface area contributed by atoms with Gasteiger partial charge < -0.3 is 0 Å². The molecule has 0 radical (unpaired) electrons. The van der Waals surface area contributed by atoms with Gasteiger partial charge >= 0.3 is 6.18 Å². The van der Waals surface area contributed by atoms with Gasteiger partial charge in [0.2, 0.25) is 0 Å². The first-order valence-electron chi connectivity index (χ1n) is 6.81. The van der Waals surface area contributed by atoms with Crippen molar-refractivity contribution in [3.63, 3.8) is 0 Å². The normalized spacial score (nSPS) is 23.1. The Balaban J connectivity index is 1.97. The van der Waals surface area contributed by atoms with E-state index in [4.69, 9.17) is 0 Å². The highest BCUT2D eigenvalue weighted by molar-refractivity contribution is 5.83. The van der Waals surface area contributed by atoms with Gasteiger partial charge in [-0.1, -0.05) is 6.07 Å². The lowest BCUT2D eigenvalue weighted by Gasteiger charge is -2.29. The molecule has 1 nitrogen and oxygen atoms in total. The molecule has 0 unspecified atom stereocenters. The van der Waals surface area contributed by atoms with Crippen molar-refractivity contribution in [1.29, 1.82) is 0 Å². The summed E-state index contributed by atoms with van der Waals surface area (Å²) in [6.07, 6.45) is -4.58. The maximum atomic E-state index is 13.5. The number of benzene rings is 1. The van der Waals surface area contributed by atoms with Crippen molar-refractivity contribution >= 4 is 5.78 Å². The molecule has 0 amide bonds. The zero-order valence-electron chi connectivity index (χ0n) is 11.2. The molecule has 1 saturated carbocycles. The molecule has 0 heterocycles. The molecular weight excluding hydrogens is 291 g/mol. The minimum Gasteiger partial charge on any atom is -0.299 e. The van der Waals surface area contributed by atoms with Crippen LogP contribution < -0.4 is 0 Å². The summed E-state index contributed by atoms with van der Waals surface area (Å²) in [6.45, 7) is 0. The molecule has 6 heteroatoms. The summed E-state index contributed by atoms with van der Waals surface area (Å²) in [6, 6.07) is 3.33. The third kappa shape index (κ3) is 3.80. The predicted molar refractivity (Wildman–Crippen MR) is 66.6 cm³/mol. The molecule has 116 valence electrons. The molecule has 1 aliphatic rings. The molecular formula is C15H15F5O. The molecule has 0 atom stereocenters. The molecule has 1 fully saturated rings. The van der Waals surface area contributed by atoms with Gasteiger partial charge in [-0.15, -0.1) is 0 Å². The van der Waals surface area contributed by atoms with E-state index in [0.717, 1.165) is 12.1 Å². The van der Waals surface area contributed by atoms with Crippen LogP contribution in [-0.4, -0.2) is 12.0 Å². The molecule has 1 aromatic carbocycles. The Morgan fingerprint density at radius 1 is 1.05 bits per heavy atom. The van der Waals surface area contributed by atoms with Crippen molar-refractivity contribution in [2.45, 2.75) is 38.3 Å². The van der Waals surface area contributed by atoms with E-state index in [0.29, 0.717) is 0 Å². The predicted octanol–water partition coefficient (Wildman–Crippen LogP) is 4.45. The third-order valence-electron chi connectivity index (χ3n) is 4.06. The zero-order valence-corrected chi connectivity index (χ0v) is 11.2. The summed E-state index contributed by atoms with van der Waals surface area (Å²) in [7, 11) is 0. The van der Waals surface area contributed by atoms with Gasteiger partial charge in [0, 0.05) is 17.9 Å². The van der Waals surface area contributed by atoms with Gasteiger partial charge in [0.15, 0.2) is 0 Å².